The van der Waals surface area contributed by atoms with Crippen LogP contribution >= 0.6 is 0 Å². The molecular weight excluding hydrogens is 256 g/mol. The Morgan fingerprint density at radius 2 is 1.71 bits per heavy atom. The highest BCUT2D eigenvalue weighted by molar-refractivity contribution is 5.55. The van der Waals surface area contributed by atoms with Gasteiger partial charge in [-0.3, -0.25) is 0 Å². The fourth-order valence-corrected chi connectivity index (χ4v) is 2.64. The fourth-order valence-electron chi connectivity index (χ4n) is 2.64. The Hall–Kier alpha value is -1.96. The van der Waals surface area contributed by atoms with Crippen molar-refractivity contribution in [2.75, 3.05) is 23.7 Å². The van der Waals surface area contributed by atoms with Crippen LogP contribution in [-0.2, 0) is 6.42 Å². The van der Waals surface area contributed by atoms with Gasteiger partial charge in [-0.15, -0.1) is 0 Å². The summed E-state index contributed by atoms with van der Waals surface area (Å²) in [5.41, 5.74) is 9.42. The number of nitrogen functional groups attached to an aromatic ring is 1. The van der Waals surface area contributed by atoms with Crippen LogP contribution in [0.3, 0.4) is 0 Å². The van der Waals surface area contributed by atoms with Gasteiger partial charge in [-0.05, 0) is 49.4 Å². The third kappa shape index (κ3) is 5.14. The minimum Gasteiger partial charge on any atom is -0.399 e. The quantitative estimate of drug-likeness (QED) is 0.570. The van der Waals surface area contributed by atoms with E-state index in [0.29, 0.717) is 0 Å². The average molecular weight is 282 g/mol. The van der Waals surface area contributed by atoms with E-state index in [2.05, 4.69) is 54.3 Å². The summed E-state index contributed by atoms with van der Waals surface area (Å²) in [4.78, 5) is 2.45. The zero-order valence-electron chi connectivity index (χ0n) is 13.0. The first-order valence-corrected chi connectivity index (χ1v) is 7.94. The minimum atomic E-state index is 0.845. The lowest BCUT2D eigenvalue weighted by Crippen LogP contribution is -2.25. The Bertz CT molecular complexity index is 522. The molecule has 2 heteroatoms. The van der Waals surface area contributed by atoms with Crippen molar-refractivity contribution >= 4 is 11.4 Å². The predicted molar refractivity (Wildman–Crippen MR) is 92.7 cm³/mol. The Kier molecular flexibility index (Phi) is 6.14. The Labute approximate surface area is 128 Å². The molecule has 0 atom stereocenters. The van der Waals surface area contributed by atoms with Crippen molar-refractivity contribution < 1.29 is 0 Å². The highest BCUT2D eigenvalue weighted by Gasteiger charge is 2.05. The molecule has 0 saturated carbocycles. The highest BCUT2D eigenvalue weighted by atomic mass is 15.1. The number of nitrogens with zero attached hydrogens (tertiary/aromatic N) is 1. The van der Waals surface area contributed by atoms with Crippen LogP contribution in [0.5, 0.6) is 0 Å². The molecule has 0 radical (unpaired) electrons. The molecule has 0 aliphatic heterocycles. The van der Waals surface area contributed by atoms with Gasteiger partial charge in [0.25, 0.3) is 0 Å². The van der Waals surface area contributed by atoms with Gasteiger partial charge in [0.1, 0.15) is 0 Å². The molecule has 0 saturated heterocycles. The molecule has 2 aromatic carbocycles. The van der Waals surface area contributed by atoms with E-state index in [4.69, 9.17) is 5.73 Å². The standard InChI is InChI=1S/C19H26N2/c1-2-14-21(19-13-8-12-18(20)16-19)15-7-6-11-17-9-4-3-5-10-17/h3-5,8-10,12-13,16H,2,6-7,11,14-15,20H2,1H3. The normalized spacial score (nSPS) is 10.5. The van der Waals surface area contributed by atoms with Gasteiger partial charge in [-0.25, -0.2) is 0 Å². The summed E-state index contributed by atoms with van der Waals surface area (Å²) in [6.45, 7) is 4.42. The van der Waals surface area contributed by atoms with Crippen molar-refractivity contribution in [3.63, 3.8) is 0 Å². The minimum absolute atomic E-state index is 0.845. The van der Waals surface area contributed by atoms with Crippen molar-refractivity contribution in [1.82, 2.24) is 0 Å². The van der Waals surface area contributed by atoms with Crippen LogP contribution in [0.2, 0.25) is 0 Å². The third-order valence-electron chi connectivity index (χ3n) is 3.72. The van der Waals surface area contributed by atoms with Crippen LogP contribution in [0.15, 0.2) is 54.6 Å². The highest BCUT2D eigenvalue weighted by Crippen LogP contribution is 2.18. The first-order chi connectivity index (χ1) is 10.3. The summed E-state index contributed by atoms with van der Waals surface area (Å²) in [6, 6.07) is 18.9. The molecule has 112 valence electrons. The lowest BCUT2D eigenvalue weighted by molar-refractivity contribution is 0.678. The topological polar surface area (TPSA) is 29.3 Å². The van der Waals surface area contributed by atoms with E-state index < -0.39 is 0 Å². The number of hydrogen-bond acceptors (Lipinski definition) is 2. The summed E-state index contributed by atoms with van der Waals surface area (Å²) < 4.78 is 0. The maximum absolute atomic E-state index is 5.90. The molecule has 2 N–H and O–H groups in total. The van der Waals surface area contributed by atoms with Crippen LogP contribution in [0, 0.1) is 0 Å². The van der Waals surface area contributed by atoms with Crippen LogP contribution in [0.4, 0.5) is 11.4 Å². The molecule has 0 spiro atoms. The fraction of sp³-hybridized carbons (Fsp3) is 0.368. The first-order valence-electron chi connectivity index (χ1n) is 7.94. The van der Waals surface area contributed by atoms with Gasteiger partial charge in [0.2, 0.25) is 0 Å². The summed E-state index contributed by atoms with van der Waals surface area (Å²) in [7, 11) is 0. The smallest absolute Gasteiger partial charge is 0.0386 e. The molecule has 0 aliphatic carbocycles. The van der Waals surface area contributed by atoms with Crippen LogP contribution in [0.1, 0.15) is 31.7 Å². The largest absolute Gasteiger partial charge is 0.399 e. The van der Waals surface area contributed by atoms with Crippen LogP contribution in [0.25, 0.3) is 0 Å². The van der Waals surface area contributed by atoms with E-state index in [-0.39, 0.29) is 0 Å². The van der Waals surface area contributed by atoms with E-state index in [1.54, 1.807) is 0 Å². The van der Waals surface area contributed by atoms with E-state index in [1.165, 1.54) is 24.1 Å². The molecule has 2 aromatic rings. The van der Waals surface area contributed by atoms with Crippen LogP contribution < -0.4 is 10.6 Å². The van der Waals surface area contributed by atoms with Gasteiger partial charge in [-0.1, -0.05) is 43.3 Å². The molecule has 2 rings (SSSR count). The van der Waals surface area contributed by atoms with Crippen molar-refractivity contribution in [2.24, 2.45) is 0 Å². The zero-order valence-corrected chi connectivity index (χ0v) is 13.0. The van der Waals surface area contributed by atoms with Crippen molar-refractivity contribution in [1.29, 1.82) is 0 Å². The third-order valence-corrected chi connectivity index (χ3v) is 3.72. The zero-order chi connectivity index (χ0) is 14.9. The lowest BCUT2D eigenvalue weighted by Gasteiger charge is -2.24. The molecule has 2 nitrogen and oxygen atoms in total. The molecule has 0 fully saturated rings. The van der Waals surface area contributed by atoms with Gasteiger partial charge < -0.3 is 10.6 Å². The van der Waals surface area contributed by atoms with E-state index in [0.717, 1.165) is 31.6 Å². The lowest BCUT2D eigenvalue weighted by atomic mass is 10.1. The number of aryl methyl sites for hydroxylation is 1. The summed E-state index contributed by atoms with van der Waals surface area (Å²) in [6.07, 6.45) is 4.77. The molecule has 0 heterocycles. The number of rotatable bonds is 8. The molecule has 0 unspecified atom stereocenters. The first kappa shape index (κ1) is 15.4. The van der Waals surface area contributed by atoms with Gasteiger partial charge in [0.15, 0.2) is 0 Å². The maximum Gasteiger partial charge on any atom is 0.0386 e. The van der Waals surface area contributed by atoms with E-state index in [9.17, 15) is 0 Å². The van der Waals surface area contributed by atoms with E-state index >= 15 is 0 Å². The SMILES string of the molecule is CCCN(CCCCc1ccccc1)c1cccc(N)c1. The number of anilines is 2. The molecule has 0 aliphatic rings. The Morgan fingerprint density at radius 3 is 2.43 bits per heavy atom. The van der Waals surface area contributed by atoms with Gasteiger partial charge in [-0.2, -0.15) is 0 Å². The Morgan fingerprint density at radius 1 is 0.905 bits per heavy atom. The van der Waals surface area contributed by atoms with E-state index in [1.807, 2.05) is 12.1 Å². The Balaban J connectivity index is 1.83. The molecule has 0 amide bonds. The number of hydrogen-bond donors (Lipinski definition) is 1. The molecule has 0 bridgehead atoms. The van der Waals surface area contributed by atoms with Gasteiger partial charge in [0.05, 0.1) is 0 Å². The second-order valence-corrected chi connectivity index (χ2v) is 5.52. The molecule has 21 heavy (non-hydrogen) atoms. The maximum atomic E-state index is 5.90. The summed E-state index contributed by atoms with van der Waals surface area (Å²) in [5, 5.41) is 0. The summed E-state index contributed by atoms with van der Waals surface area (Å²) in [5.74, 6) is 0. The second kappa shape index (κ2) is 8.35. The van der Waals surface area contributed by atoms with Crippen LogP contribution in [-0.4, -0.2) is 13.1 Å². The van der Waals surface area contributed by atoms with Gasteiger partial charge in [0, 0.05) is 24.5 Å². The molecular formula is C19H26N2. The van der Waals surface area contributed by atoms with Gasteiger partial charge >= 0.3 is 0 Å². The number of unbranched alkanes of at least 4 members (excludes halogenated alkanes) is 1. The summed E-state index contributed by atoms with van der Waals surface area (Å²) >= 11 is 0. The monoisotopic (exact) mass is 282 g/mol. The average Bonchev–Trinajstić information content (AvgIpc) is 2.51. The second-order valence-electron chi connectivity index (χ2n) is 5.52. The predicted octanol–water partition coefficient (Wildman–Crippen LogP) is 4.51. The number of nitrogens with two attached hydrogens (primary N) is 1. The van der Waals surface area contributed by atoms with Crippen molar-refractivity contribution in [3.05, 3.63) is 60.2 Å². The number of benzene rings is 2. The van der Waals surface area contributed by atoms with Crippen molar-refractivity contribution in [2.45, 2.75) is 32.6 Å². The van der Waals surface area contributed by atoms with Crippen molar-refractivity contribution in [3.8, 4) is 0 Å². The molecule has 0 aromatic heterocycles.